The molecule has 0 aliphatic heterocycles. The van der Waals surface area contributed by atoms with E-state index >= 15 is 0 Å². The molecule has 7 heteroatoms. The first-order chi connectivity index (χ1) is 11.9. The molecule has 0 aliphatic rings. The molecule has 1 N–H and O–H groups in total. The van der Waals surface area contributed by atoms with E-state index in [1.165, 1.54) is 16.7 Å². The van der Waals surface area contributed by atoms with Gasteiger partial charge >= 0.3 is 0 Å². The van der Waals surface area contributed by atoms with Crippen molar-refractivity contribution in [3.63, 3.8) is 0 Å². The largest absolute Gasteiger partial charge is 0.462 e. The molecule has 2 aromatic heterocycles. The Balaban J connectivity index is 1.67. The molecule has 2 heterocycles. The fourth-order valence-corrected chi connectivity index (χ4v) is 4.00. The maximum atomic E-state index is 12.2. The molecule has 0 atom stereocenters. The van der Waals surface area contributed by atoms with E-state index in [4.69, 9.17) is 4.42 Å². The number of rotatable bonds is 6. The molecule has 0 fully saturated rings. The standard InChI is InChI=1S/C18H18N2O3S2/c1-13-5-7-15(8-6-13)9-11-25(21,22)19-12-17-14(2)20-18(24-17)16-4-3-10-23-16/h3-11,19H,12H2,1-2H3/b11-9+. The molecule has 0 saturated heterocycles. The van der Waals surface area contributed by atoms with Gasteiger partial charge in [-0.1, -0.05) is 29.8 Å². The van der Waals surface area contributed by atoms with Crippen LogP contribution in [0.5, 0.6) is 0 Å². The number of nitrogens with zero attached hydrogens (tertiary/aromatic N) is 1. The summed E-state index contributed by atoms with van der Waals surface area (Å²) in [6.45, 7) is 4.04. The monoisotopic (exact) mass is 374 g/mol. The maximum absolute atomic E-state index is 12.2. The Kier molecular flexibility index (Phi) is 5.17. The SMILES string of the molecule is Cc1ccc(/C=C/S(=O)(=O)NCc2sc(-c3ccco3)nc2C)cc1. The first kappa shape index (κ1) is 17.6. The highest BCUT2D eigenvalue weighted by atomic mass is 32.2. The zero-order valence-electron chi connectivity index (χ0n) is 13.9. The van der Waals surface area contributed by atoms with E-state index in [1.807, 2.05) is 44.2 Å². The molecule has 3 aromatic rings. The molecule has 0 bridgehead atoms. The van der Waals surface area contributed by atoms with Crippen LogP contribution in [0, 0.1) is 13.8 Å². The second-order valence-corrected chi connectivity index (χ2v) is 8.32. The number of aryl methyl sites for hydroxylation is 2. The molecular weight excluding hydrogens is 356 g/mol. The predicted octanol–water partition coefficient (Wildman–Crippen LogP) is 4.11. The molecule has 25 heavy (non-hydrogen) atoms. The molecule has 0 radical (unpaired) electrons. The van der Waals surface area contributed by atoms with Crippen molar-refractivity contribution < 1.29 is 12.8 Å². The van der Waals surface area contributed by atoms with E-state index in [2.05, 4.69) is 9.71 Å². The van der Waals surface area contributed by atoms with Crippen molar-refractivity contribution in [1.29, 1.82) is 0 Å². The Hall–Kier alpha value is -2.22. The van der Waals surface area contributed by atoms with Gasteiger partial charge in [0.25, 0.3) is 0 Å². The number of nitrogens with one attached hydrogen (secondary N) is 1. The molecular formula is C18H18N2O3S2. The van der Waals surface area contributed by atoms with Crippen LogP contribution in [0.15, 0.2) is 52.5 Å². The van der Waals surface area contributed by atoms with Gasteiger partial charge in [-0.3, -0.25) is 0 Å². The second kappa shape index (κ2) is 7.35. The summed E-state index contributed by atoms with van der Waals surface area (Å²) in [5.41, 5.74) is 2.76. The quantitative estimate of drug-likeness (QED) is 0.705. The van der Waals surface area contributed by atoms with Crippen LogP contribution >= 0.6 is 11.3 Å². The van der Waals surface area contributed by atoms with E-state index in [1.54, 1.807) is 18.4 Å². The third kappa shape index (κ3) is 4.66. The van der Waals surface area contributed by atoms with E-state index < -0.39 is 10.0 Å². The summed E-state index contributed by atoms with van der Waals surface area (Å²) >= 11 is 1.42. The Bertz CT molecular complexity index is 970. The number of furan rings is 1. The average Bonchev–Trinajstić information content (AvgIpc) is 3.22. The highest BCUT2D eigenvalue weighted by Crippen LogP contribution is 2.28. The van der Waals surface area contributed by atoms with E-state index in [-0.39, 0.29) is 6.54 Å². The van der Waals surface area contributed by atoms with Crippen LogP contribution in [-0.4, -0.2) is 13.4 Å². The topological polar surface area (TPSA) is 72.2 Å². The summed E-state index contributed by atoms with van der Waals surface area (Å²) < 4.78 is 32.2. The van der Waals surface area contributed by atoms with Crippen LogP contribution in [-0.2, 0) is 16.6 Å². The first-order valence-electron chi connectivity index (χ1n) is 7.67. The molecule has 5 nitrogen and oxygen atoms in total. The molecule has 1 aromatic carbocycles. The zero-order valence-corrected chi connectivity index (χ0v) is 15.5. The molecule has 0 unspecified atom stereocenters. The van der Waals surface area contributed by atoms with E-state index in [0.29, 0.717) is 5.76 Å². The van der Waals surface area contributed by atoms with Gasteiger partial charge in [0.1, 0.15) is 0 Å². The lowest BCUT2D eigenvalue weighted by atomic mass is 10.2. The van der Waals surface area contributed by atoms with Crippen LogP contribution in [0.1, 0.15) is 21.7 Å². The van der Waals surface area contributed by atoms with Crippen molar-refractivity contribution in [2.24, 2.45) is 0 Å². The lowest BCUT2D eigenvalue weighted by Gasteiger charge is -2.01. The van der Waals surface area contributed by atoms with Crippen molar-refractivity contribution in [1.82, 2.24) is 9.71 Å². The summed E-state index contributed by atoms with van der Waals surface area (Å²) in [5.74, 6) is 0.682. The minimum Gasteiger partial charge on any atom is -0.462 e. The van der Waals surface area contributed by atoms with Crippen molar-refractivity contribution in [2.75, 3.05) is 0 Å². The summed E-state index contributed by atoms with van der Waals surface area (Å²) in [6.07, 6.45) is 3.17. The number of hydrogen-bond acceptors (Lipinski definition) is 5. The van der Waals surface area contributed by atoms with Gasteiger partial charge in [0.05, 0.1) is 12.0 Å². The Morgan fingerprint density at radius 2 is 1.96 bits per heavy atom. The van der Waals surface area contributed by atoms with Crippen LogP contribution in [0.4, 0.5) is 0 Å². The first-order valence-corrected chi connectivity index (χ1v) is 10.0. The van der Waals surface area contributed by atoms with Crippen molar-refractivity contribution in [3.8, 4) is 10.8 Å². The summed E-state index contributed by atoms with van der Waals surface area (Å²) in [6, 6.07) is 11.3. The van der Waals surface area contributed by atoms with Gasteiger partial charge in [-0.25, -0.2) is 18.1 Å². The Morgan fingerprint density at radius 1 is 1.20 bits per heavy atom. The van der Waals surface area contributed by atoms with Gasteiger partial charge in [-0.15, -0.1) is 11.3 Å². The molecule has 3 rings (SSSR count). The van der Waals surface area contributed by atoms with Gasteiger partial charge in [0.2, 0.25) is 10.0 Å². The zero-order chi connectivity index (χ0) is 17.9. The van der Waals surface area contributed by atoms with Gasteiger partial charge in [-0.2, -0.15) is 0 Å². The van der Waals surface area contributed by atoms with Crippen molar-refractivity contribution in [3.05, 3.63) is 69.8 Å². The molecule has 0 saturated carbocycles. The molecule has 0 spiro atoms. The summed E-state index contributed by atoms with van der Waals surface area (Å²) in [4.78, 5) is 5.29. The van der Waals surface area contributed by atoms with Gasteiger partial charge in [-0.05, 0) is 37.6 Å². The second-order valence-electron chi connectivity index (χ2n) is 5.58. The predicted molar refractivity (Wildman–Crippen MR) is 101 cm³/mol. The summed E-state index contributed by atoms with van der Waals surface area (Å²) in [5, 5.41) is 1.92. The van der Waals surface area contributed by atoms with Crippen LogP contribution in [0.25, 0.3) is 16.8 Å². The Labute approximate surface area is 151 Å². The number of hydrogen-bond donors (Lipinski definition) is 1. The number of benzene rings is 1. The minimum atomic E-state index is -3.52. The van der Waals surface area contributed by atoms with Gasteiger partial charge in [0, 0.05) is 16.8 Å². The van der Waals surface area contributed by atoms with Crippen molar-refractivity contribution >= 4 is 27.4 Å². The van der Waals surface area contributed by atoms with E-state index in [0.717, 1.165) is 26.7 Å². The highest BCUT2D eigenvalue weighted by Gasteiger charge is 2.13. The summed E-state index contributed by atoms with van der Waals surface area (Å²) in [7, 11) is -3.52. The van der Waals surface area contributed by atoms with Crippen LogP contribution < -0.4 is 4.72 Å². The normalized spacial score (nSPS) is 12.1. The lowest BCUT2D eigenvalue weighted by Crippen LogP contribution is -2.20. The van der Waals surface area contributed by atoms with Gasteiger partial charge < -0.3 is 4.42 Å². The van der Waals surface area contributed by atoms with Crippen molar-refractivity contribution in [2.45, 2.75) is 20.4 Å². The van der Waals surface area contributed by atoms with Gasteiger partial charge in [0.15, 0.2) is 10.8 Å². The third-order valence-corrected chi connectivity index (χ3v) is 5.79. The lowest BCUT2D eigenvalue weighted by molar-refractivity contribution is 0.581. The fourth-order valence-electron chi connectivity index (χ4n) is 2.16. The average molecular weight is 374 g/mol. The van der Waals surface area contributed by atoms with E-state index in [9.17, 15) is 8.42 Å². The molecule has 0 amide bonds. The molecule has 0 aliphatic carbocycles. The Morgan fingerprint density at radius 3 is 2.64 bits per heavy atom. The van der Waals surface area contributed by atoms with Crippen LogP contribution in [0.3, 0.4) is 0 Å². The number of sulfonamides is 1. The number of thiazole rings is 1. The third-order valence-electron chi connectivity index (χ3n) is 3.58. The minimum absolute atomic E-state index is 0.199. The highest BCUT2D eigenvalue weighted by molar-refractivity contribution is 7.92. The van der Waals surface area contributed by atoms with Crippen LogP contribution in [0.2, 0.25) is 0 Å². The number of aromatic nitrogens is 1. The molecule has 130 valence electrons. The fraction of sp³-hybridized carbons (Fsp3) is 0.167. The maximum Gasteiger partial charge on any atom is 0.234 e. The smallest absolute Gasteiger partial charge is 0.234 e.